The van der Waals surface area contributed by atoms with Crippen molar-refractivity contribution in [2.45, 2.75) is 38.1 Å². The molecule has 3 aromatic rings. The predicted molar refractivity (Wildman–Crippen MR) is 125 cm³/mol. The number of nitrogens with zero attached hydrogens (tertiary/aromatic N) is 2. The smallest absolute Gasteiger partial charge is 0.175 e. The van der Waals surface area contributed by atoms with Gasteiger partial charge in [0.15, 0.2) is 9.84 Å². The van der Waals surface area contributed by atoms with Crippen LogP contribution in [0.3, 0.4) is 0 Å². The Morgan fingerprint density at radius 1 is 1.27 bits per heavy atom. The highest BCUT2D eigenvalue weighted by Crippen LogP contribution is 2.28. The Kier molecular flexibility index (Phi) is 6.77. The largest absolute Gasteiger partial charge is 0.495 e. The molecule has 0 aliphatic carbocycles. The number of thiocarbonyl (C=S) groups is 1. The monoisotopic (exact) mass is 445 g/mol. The van der Waals surface area contributed by atoms with Gasteiger partial charge in [-0.15, -0.1) is 0 Å². The Morgan fingerprint density at radius 3 is 2.70 bits per heavy atom. The molecule has 0 atom stereocenters. The van der Waals surface area contributed by atoms with Crippen molar-refractivity contribution >= 4 is 43.6 Å². The molecule has 0 amide bonds. The number of hydrogen-bond acceptors (Lipinski definition) is 5. The number of rotatable bonds is 8. The first-order chi connectivity index (χ1) is 14.2. The van der Waals surface area contributed by atoms with Crippen molar-refractivity contribution in [2.75, 3.05) is 18.7 Å². The third kappa shape index (κ3) is 5.17. The van der Waals surface area contributed by atoms with Crippen molar-refractivity contribution in [3.05, 3.63) is 48.2 Å². The van der Waals surface area contributed by atoms with Crippen molar-refractivity contribution < 1.29 is 13.2 Å². The standard InChI is InChI=1S/C22H27N3O3S2/c1-15(2)10-11-25-20-7-5-6-16(18(20)14-23-25)12-22(29)24-19-13-17(30(4,26)27)8-9-21(19)28-3/h5-9,13-15H,10-12H2,1-4H3,(H,24,29). The third-order valence-corrected chi connectivity index (χ3v) is 6.28. The van der Waals surface area contributed by atoms with Crippen LogP contribution >= 0.6 is 12.2 Å². The van der Waals surface area contributed by atoms with E-state index in [4.69, 9.17) is 17.0 Å². The summed E-state index contributed by atoms with van der Waals surface area (Å²) in [6.07, 6.45) is 4.64. The van der Waals surface area contributed by atoms with Crippen molar-refractivity contribution in [3.8, 4) is 5.75 Å². The minimum absolute atomic E-state index is 0.210. The second kappa shape index (κ2) is 9.14. The van der Waals surface area contributed by atoms with Crippen molar-refractivity contribution in [1.82, 2.24) is 9.78 Å². The van der Waals surface area contributed by atoms with E-state index in [1.54, 1.807) is 12.1 Å². The Labute approximate surface area is 183 Å². The number of hydrogen-bond donors (Lipinski definition) is 1. The predicted octanol–water partition coefficient (Wildman–Crippen LogP) is 4.48. The third-order valence-electron chi connectivity index (χ3n) is 4.92. The molecule has 0 bridgehead atoms. The minimum Gasteiger partial charge on any atom is -0.495 e. The fraction of sp³-hybridized carbons (Fsp3) is 0.364. The van der Waals surface area contributed by atoms with Gasteiger partial charge in [0.1, 0.15) is 5.75 Å². The van der Waals surface area contributed by atoms with Crippen LogP contribution in [0.4, 0.5) is 5.69 Å². The average molecular weight is 446 g/mol. The summed E-state index contributed by atoms with van der Waals surface area (Å²) < 4.78 is 31.2. The zero-order chi connectivity index (χ0) is 21.9. The summed E-state index contributed by atoms with van der Waals surface area (Å²) in [6, 6.07) is 10.8. The molecule has 0 aliphatic heterocycles. The fourth-order valence-corrected chi connectivity index (χ4v) is 4.17. The lowest BCUT2D eigenvalue weighted by atomic mass is 10.1. The lowest BCUT2D eigenvalue weighted by Gasteiger charge is -2.14. The molecular weight excluding hydrogens is 418 g/mol. The summed E-state index contributed by atoms with van der Waals surface area (Å²) in [5.74, 6) is 1.14. The summed E-state index contributed by atoms with van der Waals surface area (Å²) in [5.41, 5.74) is 2.69. The molecule has 0 radical (unpaired) electrons. The number of benzene rings is 2. The van der Waals surface area contributed by atoms with Crippen molar-refractivity contribution in [1.29, 1.82) is 0 Å². The average Bonchev–Trinajstić information content (AvgIpc) is 3.09. The van der Waals surface area contributed by atoms with Crippen molar-refractivity contribution in [3.63, 3.8) is 0 Å². The molecule has 160 valence electrons. The first-order valence-corrected chi connectivity index (χ1v) is 12.1. The van der Waals surface area contributed by atoms with Crippen LogP contribution in [0.25, 0.3) is 10.9 Å². The van der Waals surface area contributed by atoms with Gasteiger partial charge in [0.2, 0.25) is 0 Å². The zero-order valence-electron chi connectivity index (χ0n) is 17.7. The topological polar surface area (TPSA) is 73.2 Å². The van der Waals surface area contributed by atoms with Gasteiger partial charge in [0.05, 0.1) is 34.4 Å². The maximum Gasteiger partial charge on any atom is 0.175 e. The number of aryl methyl sites for hydroxylation is 1. The molecule has 1 N–H and O–H groups in total. The van der Waals surface area contributed by atoms with Gasteiger partial charge in [-0.25, -0.2) is 8.42 Å². The highest BCUT2D eigenvalue weighted by atomic mass is 32.2. The lowest BCUT2D eigenvalue weighted by Crippen LogP contribution is -2.13. The van der Waals surface area contributed by atoms with Crippen LogP contribution in [0.5, 0.6) is 5.75 Å². The first kappa shape index (κ1) is 22.2. The molecule has 8 heteroatoms. The van der Waals surface area contributed by atoms with Gasteiger partial charge in [-0.3, -0.25) is 4.68 Å². The molecule has 0 fully saturated rings. The molecule has 1 heterocycles. The molecule has 0 unspecified atom stereocenters. The number of sulfone groups is 1. The molecule has 1 aromatic heterocycles. The zero-order valence-corrected chi connectivity index (χ0v) is 19.3. The van der Waals surface area contributed by atoms with Crippen LogP contribution in [0.1, 0.15) is 25.8 Å². The van der Waals surface area contributed by atoms with E-state index in [-0.39, 0.29) is 4.90 Å². The van der Waals surface area contributed by atoms with E-state index in [0.717, 1.165) is 29.4 Å². The number of nitrogens with one attached hydrogen (secondary N) is 1. The van der Waals surface area contributed by atoms with Crippen LogP contribution in [0, 0.1) is 5.92 Å². The van der Waals surface area contributed by atoms with E-state index in [0.29, 0.717) is 28.8 Å². The Bertz CT molecular complexity index is 1170. The molecule has 0 spiro atoms. The maximum atomic E-state index is 11.9. The van der Waals surface area contributed by atoms with Gasteiger partial charge in [-0.1, -0.05) is 38.2 Å². The van der Waals surface area contributed by atoms with Crippen molar-refractivity contribution in [2.24, 2.45) is 5.92 Å². The van der Waals surface area contributed by atoms with Crippen LogP contribution in [-0.2, 0) is 22.8 Å². The van der Waals surface area contributed by atoms with Gasteiger partial charge in [0, 0.05) is 24.6 Å². The summed E-state index contributed by atoms with van der Waals surface area (Å²) in [5, 5.41) is 8.77. The number of fused-ring (bicyclic) bond motifs is 1. The van der Waals surface area contributed by atoms with Crippen LogP contribution in [0.15, 0.2) is 47.5 Å². The second-order valence-electron chi connectivity index (χ2n) is 7.76. The summed E-state index contributed by atoms with van der Waals surface area (Å²) in [4.78, 5) is 0.781. The Balaban J connectivity index is 1.82. The van der Waals surface area contributed by atoms with E-state index >= 15 is 0 Å². The molecule has 0 aliphatic rings. The van der Waals surface area contributed by atoms with Gasteiger partial charge < -0.3 is 10.1 Å². The normalized spacial score (nSPS) is 11.8. The van der Waals surface area contributed by atoms with Gasteiger partial charge >= 0.3 is 0 Å². The van der Waals surface area contributed by atoms with E-state index < -0.39 is 9.84 Å². The SMILES string of the molecule is COc1ccc(S(C)(=O)=O)cc1NC(=S)Cc1cccc2c1cnn2CCC(C)C. The van der Waals surface area contributed by atoms with Gasteiger partial charge in [-0.2, -0.15) is 5.10 Å². The highest BCUT2D eigenvalue weighted by molar-refractivity contribution is 7.90. The fourth-order valence-electron chi connectivity index (χ4n) is 3.26. The molecular formula is C22H27N3O3S2. The number of anilines is 1. The van der Waals surface area contributed by atoms with Crippen LogP contribution in [-0.4, -0.2) is 36.6 Å². The number of ether oxygens (including phenoxy) is 1. The molecule has 0 saturated carbocycles. The van der Waals surface area contributed by atoms with E-state index in [1.165, 1.54) is 19.4 Å². The van der Waals surface area contributed by atoms with Gasteiger partial charge in [-0.05, 0) is 42.2 Å². The Hall–Kier alpha value is -2.45. The molecule has 2 aromatic carbocycles. The van der Waals surface area contributed by atoms with E-state index in [2.05, 4.69) is 30.3 Å². The summed E-state index contributed by atoms with van der Waals surface area (Å²) in [6.45, 7) is 5.28. The van der Waals surface area contributed by atoms with E-state index in [1.807, 2.05) is 23.0 Å². The molecule has 6 nitrogen and oxygen atoms in total. The second-order valence-corrected chi connectivity index (χ2v) is 10.3. The maximum absolute atomic E-state index is 11.9. The van der Waals surface area contributed by atoms with E-state index in [9.17, 15) is 8.42 Å². The summed E-state index contributed by atoms with van der Waals surface area (Å²) >= 11 is 5.57. The quantitative estimate of drug-likeness (QED) is 0.516. The van der Waals surface area contributed by atoms with Crippen LogP contribution in [0.2, 0.25) is 0 Å². The lowest BCUT2D eigenvalue weighted by molar-refractivity contribution is 0.416. The molecule has 30 heavy (non-hydrogen) atoms. The molecule has 3 rings (SSSR count). The highest BCUT2D eigenvalue weighted by Gasteiger charge is 2.14. The van der Waals surface area contributed by atoms with Crippen LogP contribution < -0.4 is 10.1 Å². The minimum atomic E-state index is -3.33. The summed E-state index contributed by atoms with van der Waals surface area (Å²) in [7, 11) is -1.79. The Morgan fingerprint density at radius 2 is 2.03 bits per heavy atom. The first-order valence-electron chi connectivity index (χ1n) is 9.80. The van der Waals surface area contributed by atoms with Gasteiger partial charge in [0.25, 0.3) is 0 Å². The number of aromatic nitrogens is 2. The number of methoxy groups -OCH3 is 1. The molecule has 0 saturated heterocycles.